The molecule has 2 atom stereocenters. The molecule has 2 unspecified atom stereocenters. The predicted octanol–water partition coefficient (Wildman–Crippen LogP) is 1.04. The second-order valence-corrected chi connectivity index (χ2v) is 4.08. The molecule has 2 N–H and O–H groups in total. The largest absolute Gasteiger partial charge is 0.494 e. The van der Waals surface area contributed by atoms with E-state index < -0.39 is 0 Å². The fourth-order valence-electron chi connectivity index (χ4n) is 1.90. The Hall–Kier alpha value is -1.36. The van der Waals surface area contributed by atoms with E-state index in [4.69, 9.17) is 4.74 Å². The summed E-state index contributed by atoms with van der Waals surface area (Å²) >= 11 is 0. The minimum Gasteiger partial charge on any atom is -0.494 e. The Labute approximate surface area is 95.6 Å². The van der Waals surface area contributed by atoms with Crippen molar-refractivity contribution in [2.45, 2.75) is 31.8 Å². The zero-order valence-corrected chi connectivity index (χ0v) is 9.73. The average molecular weight is 222 g/mol. The Morgan fingerprint density at radius 3 is 2.81 bits per heavy atom. The molecule has 0 spiro atoms. The molecule has 5 heteroatoms. The number of nitrogens with one attached hydrogen (secondary N) is 2. The number of nitrogens with zero attached hydrogens (tertiary/aromatic N) is 2. The van der Waals surface area contributed by atoms with E-state index >= 15 is 0 Å². The van der Waals surface area contributed by atoms with Crippen LogP contribution in [0.2, 0.25) is 0 Å². The van der Waals surface area contributed by atoms with Gasteiger partial charge in [-0.3, -0.25) is 0 Å². The first-order chi connectivity index (χ1) is 7.79. The number of aromatic nitrogens is 2. The van der Waals surface area contributed by atoms with Crippen molar-refractivity contribution < 1.29 is 4.74 Å². The monoisotopic (exact) mass is 222 g/mol. The summed E-state index contributed by atoms with van der Waals surface area (Å²) in [4.78, 5) is 8.41. The van der Waals surface area contributed by atoms with Gasteiger partial charge >= 0.3 is 0 Å². The highest BCUT2D eigenvalue weighted by atomic mass is 16.5. The lowest BCUT2D eigenvalue weighted by Crippen LogP contribution is -2.46. The summed E-state index contributed by atoms with van der Waals surface area (Å²) in [6.45, 7) is 3.28. The molecule has 2 heterocycles. The lowest BCUT2D eigenvalue weighted by Gasteiger charge is -2.30. The number of rotatable bonds is 3. The highest BCUT2D eigenvalue weighted by Gasteiger charge is 2.20. The van der Waals surface area contributed by atoms with Crippen molar-refractivity contribution in [2.75, 3.05) is 19.0 Å². The van der Waals surface area contributed by atoms with E-state index in [0.717, 1.165) is 13.0 Å². The topological polar surface area (TPSA) is 59.1 Å². The SMILES string of the molecule is COc1cnc(NC2CCCNC2C)nc1. The van der Waals surface area contributed by atoms with Crippen LogP contribution in [0.15, 0.2) is 12.4 Å². The minimum atomic E-state index is 0.405. The highest BCUT2D eigenvalue weighted by molar-refractivity contribution is 5.29. The molecule has 1 fully saturated rings. The molecule has 0 aliphatic carbocycles. The van der Waals surface area contributed by atoms with E-state index in [2.05, 4.69) is 27.5 Å². The summed E-state index contributed by atoms with van der Waals surface area (Å²) in [7, 11) is 1.61. The molecule has 0 bridgehead atoms. The van der Waals surface area contributed by atoms with Gasteiger partial charge in [0.1, 0.15) is 0 Å². The predicted molar refractivity (Wildman–Crippen MR) is 62.7 cm³/mol. The van der Waals surface area contributed by atoms with E-state index in [1.54, 1.807) is 19.5 Å². The van der Waals surface area contributed by atoms with E-state index in [1.165, 1.54) is 6.42 Å². The smallest absolute Gasteiger partial charge is 0.223 e. The van der Waals surface area contributed by atoms with Crippen LogP contribution in [0, 0.1) is 0 Å². The van der Waals surface area contributed by atoms with Crippen molar-refractivity contribution in [1.29, 1.82) is 0 Å². The number of piperidine rings is 1. The zero-order valence-electron chi connectivity index (χ0n) is 9.73. The number of ether oxygens (including phenoxy) is 1. The Kier molecular flexibility index (Phi) is 3.56. The Morgan fingerprint density at radius 1 is 1.44 bits per heavy atom. The molecule has 0 amide bonds. The third-order valence-electron chi connectivity index (χ3n) is 2.94. The van der Waals surface area contributed by atoms with Gasteiger partial charge in [0.15, 0.2) is 5.75 Å². The van der Waals surface area contributed by atoms with Gasteiger partial charge in [0.2, 0.25) is 5.95 Å². The van der Waals surface area contributed by atoms with Crippen molar-refractivity contribution in [2.24, 2.45) is 0 Å². The number of hydrogen-bond acceptors (Lipinski definition) is 5. The van der Waals surface area contributed by atoms with Crippen LogP contribution in [0.25, 0.3) is 0 Å². The molecule has 5 nitrogen and oxygen atoms in total. The third kappa shape index (κ3) is 2.61. The molecule has 0 saturated carbocycles. The van der Waals surface area contributed by atoms with Crippen LogP contribution in [0.5, 0.6) is 5.75 Å². The average Bonchev–Trinajstić information content (AvgIpc) is 2.33. The van der Waals surface area contributed by atoms with E-state index in [9.17, 15) is 0 Å². The molecule has 0 aromatic carbocycles. The van der Waals surface area contributed by atoms with Crippen molar-refractivity contribution in [3.05, 3.63) is 12.4 Å². The standard InChI is InChI=1S/C11H18N4O/c1-8-10(4-3-5-12-8)15-11-13-6-9(16-2)7-14-11/h6-8,10,12H,3-5H2,1-2H3,(H,13,14,15). The van der Waals surface area contributed by atoms with Crippen molar-refractivity contribution in [1.82, 2.24) is 15.3 Å². The van der Waals surface area contributed by atoms with Gasteiger partial charge < -0.3 is 15.4 Å². The van der Waals surface area contributed by atoms with Gasteiger partial charge in [-0.2, -0.15) is 0 Å². The lowest BCUT2D eigenvalue weighted by atomic mass is 10.0. The van der Waals surface area contributed by atoms with Crippen LogP contribution in [0.3, 0.4) is 0 Å². The van der Waals surface area contributed by atoms with Gasteiger partial charge in [-0.25, -0.2) is 9.97 Å². The third-order valence-corrected chi connectivity index (χ3v) is 2.94. The summed E-state index contributed by atoms with van der Waals surface area (Å²) in [6, 6.07) is 0.863. The van der Waals surface area contributed by atoms with Gasteiger partial charge in [-0.15, -0.1) is 0 Å². The van der Waals surface area contributed by atoms with Gasteiger partial charge in [-0.1, -0.05) is 0 Å². The molecule has 0 radical (unpaired) electrons. The van der Waals surface area contributed by atoms with Crippen LogP contribution >= 0.6 is 0 Å². The maximum absolute atomic E-state index is 5.02. The summed E-state index contributed by atoms with van der Waals surface area (Å²) in [5, 5.41) is 6.77. The molecule has 1 aliphatic rings. The molecule has 16 heavy (non-hydrogen) atoms. The van der Waals surface area contributed by atoms with Crippen molar-refractivity contribution in [3.63, 3.8) is 0 Å². The van der Waals surface area contributed by atoms with Gasteiger partial charge in [0.25, 0.3) is 0 Å². The van der Waals surface area contributed by atoms with Crippen LogP contribution in [-0.2, 0) is 0 Å². The first-order valence-electron chi connectivity index (χ1n) is 5.65. The summed E-state index contributed by atoms with van der Waals surface area (Å²) in [6.07, 6.45) is 5.70. The first kappa shape index (κ1) is 11.1. The maximum atomic E-state index is 5.02. The summed E-state index contributed by atoms with van der Waals surface area (Å²) in [5.74, 6) is 1.35. The molecular formula is C11H18N4O. The van der Waals surface area contributed by atoms with E-state index in [1.807, 2.05) is 0 Å². The van der Waals surface area contributed by atoms with E-state index in [0.29, 0.717) is 23.8 Å². The Morgan fingerprint density at radius 2 is 2.19 bits per heavy atom. The zero-order chi connectivity index (χ0) is 11.4. The Bertz CT molecular complexity index is 327. The summed E-state index contributed by atoms with van der Waals surface area (Å²) < 4.78 is 5.02. The molecule has 1 aliphatic heterocycles. The fraction of sp³-hybridized carbons (Fsp3) is 0.636. The van der Waals surface area contributed by atoms with Gasteiger partial charge in [0.05, 0.1) is 19.5 Å². The summed E-state index contributed by atoms with van der Waals surface area (Å²) in [5.41, 5.74) is 0. The quantitative estimate of drug-likeness (QED) is 0.800. The number of methoxy groups -OCH3 is 1. The molecule has 88 valence electrons. The minimum absolute atomic E-state index is 0.405. The second-order valence-electron chi connectivity index (χ2n) is 4.08. The van der Waals surface area contributed by atoms with Gasteiger partial charge in [0, 0.05) is 12.1 Å². The molecule has 1 saturated heterocycles. The van der Waals surface area contributed by atoms with Gasteiger partial charge in [-0.05, 0) is 26.3 Å². The number of hydrogen-bond donors (Lipinski definition) is 2. The molecule has 1 aromatic rings. The molecule has 1 aromatic heterocycles. The highest BCUT2D eigenvalue weighted by Crippen LogP contribution is 2.14. The van der Waals surface area contributed by atoms with E-state index in [-0.39, 0.29) is 0 Å². The molecular weight excluding hydrogens is 204 g/mol. The van der Waals surface area contributed by atoms with Crippen molar-refractivity contribution >= 4 is 5.95 Å². The number of anilines is 1. The van der Waals surface area contributed by atoms with Crippen molar-refractivity contribution in [3.8, 4) is 5.75 Å². The fourth-order valence-corrected chi connectivity index (χ4v) is 1.90. The van der Waals surface area contributed by atoms with Crippen LogP contribution < -0.4 is 15.4 Å². The Balaban J connectivity index is 1.96. The normalized spacial score (nSPS) is 25.1. The lowest BCUT2D eigenvalue weighted by molar-refractivity contribution is 0.387. The first-order valence-corrected chi connectivity index (χ1v) is 5.65. The van der Waals surface area contributed by atoms with Crippen LogP contribution in [0.4, 0.5) is 5.95 Å². The maximum Gasteiger partial charge on any atom is 0.223 e. The second kappa shape index (κ2) is 5.12. The van der Waals surface area contributed by atoms with Crippen LogP contribution in [0.1, 0.15) is 19.8 Å². The molecule has 2 rings (SSSR count). The van der Waals surface area contributed by atoms with Crippen LogP contribution in [-0.4, -0.2) is 35.7 Å².